The second-order valence-corrected chi connectivity index (χ2v) is 4.81. The Kier molecular flexibility index (Phi) is 4.41. The molecular weight excluding hydrogens is 252 g/mol. The number of benzene rings is 2. The van der Waals surface area contributed by atoms with Crippen LogP contribution in [0.1, 0.15) is 29.0 Å². The average molecular weight is 270 g/mol. The smallest absolute Gasteiger partial charge is 0.304 e. The summed E-state index contributed by atoms with van der Waals surface area (Å²) in [4.78, 5) is 11.2. The molecule has 1 N–H and O–H groups in total. The summed E-state index contributed by atoms with van der Waals surface area (Å²) >= 11 is 0. The molecule has 0 saturated heterocycles. The van der Waals surface area contributed by atoms with Gasteiger partial charge in [-0.15, -0.1) is 0 Å². The van der Waals surface area contributed by atoms with Gasteiger partial charge in [-0.25, -0.2) is 0 Å². The van der Waals surface area contributed by atoms with Crippen molar-refractivity contribution in [2.75, 3.05) is 7.11 Å². The first-order valence-electron chi connectivity index (χ1n) is 6.53. The van der Waals surface area contributed by atoms with E-state index in [1.165, 1.54) is 0 Å². The number of carboxylic acids is 1. The highest BCUT2D eigenvalue weighted by Gasteiger charge is 2.21. The third-order valence-corrected chi connectivity index (χ3v) is 3.34. The molecule has 20 heavy (non-hydrogen) atoms. The van der Waals surface area contributed by atoms with Gasteiger partial charge in [0.25, 0.3) is 0 Å². The summed E-state index contributed by atoms with van der Waals surface area (Å²) in [6.07, 6.45) is 0.0455. The predicted molar refractivity (Wildman–Crippen MR) is 78.3 cm³/mol. The Labute approximate surface area is 118 Å². The molecule has 2 rings (SSSR count). The van der Waals surface area contributed by atoms with Gasteiger partial charge in [-0.05, 0) is 18.6 Å². The third kappa shape index (κ3) is 3.18. The molecule has 2 aromatic rings. The molecule has 3 nitrogen and oxygen atoms in total. The molecule has 0 radical (unpaired) electrons. The molecule has 2 aromatic carbocycles. The van der Waals surface area contributed by atoms with Gasteiger partial charge in [0.15, 0.2) is 0 Å². The highest BCUT2D eigenvalue weighted by molar-refractivity contribution is 5.69. The molecular formula is C17H18O3. The molecule has 1 atom stereocenters. The molecule has 0 amide bonds. The van der Waals surface area contributed by atoms with Crippen molar-refractivity contribution in [1.82, 2.24) is 0 Å². The van der Waals surface area contributed by atoms with Crippen LogP contribution in [-0.2, 0) is 4.79 Å². The van der Waals surface area contributed by atoms with Crippen molar-refractivity contribution in [1.29, 1.82) is 0 Å². The zero-order valence-corrected chi connectivity index (χ0v) is 11.7. The van der Waals surface area contributed by atoms with E-state index in [1.807, 2.05) is 55.5 Å². The number of hydrogen-bond acceptors (Lipinski definition) is 2. The fraction of sp³-hybridized carbons (Fsp3) is 0.235. The van der Waals surface area contributed by atoms with Gasteiger partial charge >= 0.3 is 5.97 Å². The zero-order chi connectivity index (χ0) is 14.5. The van der Waals surface area contributed by atoms with Gasteiger partial charge in [-0.2, -0.15) is 0 Å². The minimum atomic E-state index is -0.817. The van der Waals surface area contributed by atoms with Gasteiger partial charge in [0.2, 0.25) is 0 Å². The van der Waals surface area contributed by atoms with Gasteiger partial charge in [0, 0.05) is 11.5 Å². The summed E-state index contributed by atoms with van der Waals surface area (Å²) in [6.45, 7) is 1.99. The quantitative estimate of drug-likeness (QED) is 0.902. The van der Waals surface area contributed by atoms with E-state index in [4.69, 9.17) is 4.74 Å². The molecule has 0 unspecified atom stereocenters. The molecule has 0 spiro atoms. The number of methoxy groups -OCH3 is 1. The van der Waals surface area contributed by atoms with Gasteiger partial charge in [0.1, 0.15) is 5.75 Å². The Morgan fingerprint density at radius 1 is 1.20 bits per heavy atom. The van der Waals surface area contributed by atoms with E-state index in [9.17, 15) is 9.90 Å². The molecule has 3 heteroatoms. The van der Waals surface area contributed by atoms with Crippen molar-refractivity contribution in [3.8, 4) is 5.75 Å². The van der Waals surface area contributed by atoms with Crippen molar-refractivity contribution in [2.24, 2.45) is 0 Å². The topological polar surface area (TPSA) is 46.5 Å². The van der Waals surface area contributed by atoms with E-state index in [0.29, 0.717) is 0 Å². The van der Waals surface area contributed by atoms with Crippen LogP contribution in [0.25, 0.3) is 0 Å². The average Bonchev–Trinajstić information content (AvgIpc) is 2.45. The summed E-state index contributed by atoms with van der Waals surface area (Å²) < 4.78 is 5.39. The molecule has 0 bridgehead atoms. The van der Waals surface area contributed by atoms with Crippen LogP contribution in [0.15, 0.2) is 48.5 Å². The van der Waals surface area contributed by atoms with Crippen molar-refractivity contribution >= 4 is 5.97 Å². The second-order valence-electron chi connectivity index (χ2n) is 4.81. The van der Waals surface area contributed by atoms with Crippen LogP contribution in [0, 0.1) is 6.92 Å². The Morgan fingerprint density at radius 2 is 1.90 bits per heavy atom. The SMILES string of the molecule is COc1ccc(C)cc1[C@H](CC(=O)O)c1ccccc1. The van der Waals surface area contributed by atoms with E-state index in [1.54, 1.807) is 7.11 Å². The van der Waals surface area contributed by atoms with Crippen LogP contribution >= 0.6 is 0 Å². The lowest BCUT2D eigenvalue weighted by Crippen LogP contribution is -2.09. The number of aliphatic carboxylic acids is 1. The van der Waals surface area contributed by atoms with Crippen LogP contribution in [0.5, 0.6) is 5.75 Å². The largest absolute Gasteiger partial charge is 0.496 e. The number of carbonyl (C=O) groups is 1. The minimum Gasteiger partial charge on any atom is -0.496 e. The Hall–Kier alpha value is -2.29. The Balaban J connectivity index is 2.51. The van der Waals surface area contributed by atoms with Crippen molar-refractivity contribution in [2.45, 2.75) is 19.3 Å². The maximum Gasteiger partial charge on any atom is 0.304 e. The fourth-order valence-corrected chi connectivity index (χ4v) is 2.39. The molecule has 0 heterocycles. The first kappa shape index (κ1) is 14.1. The van der Waals surface area contributed by atoms with Crippen LogP contribution < -0.4 is 4.74 Å². The predicted octanol–water partition coefficient (Wildman–Crippen LogP) is 3.61. The highest BCUT2D eigenvalue weighted by atomic mass is 16.5. The standard InChI is InChI=1S/C17H18O3/c1-12-8-9-16(20-2)15(10-12)14(11-17(18)19)13-6-4-3-5-7-13/h3-10,14H,11H2,1-2H3,(H,18,19)/t14-/m1/s1. The zero-order valence-electron chi connectivity index (χ0n) is 11.7. The molecule has 0 aliphatic rings. The normalized spacial score (nSPS) is 11.9. The molecule has 104 valence electrons. The lowest BCUT2D eigenvalue weighted by molar-refractivity contribution is -0.137. The van der Waals surface area contributed by atoms with Crippen molar-refractivity contribution < 1.29 is 14.6 Å². The molecule has 0 fully saturated rings. The van der Waals surface area contributed by atoms with E-state index < -0.39 is 5.97 Å². The number of hydrogen-bond donors (Lipinski definition) is 1. The van der Waals surface area contributed by atoms with Gasteiger partial charge in [0.05, 0.1) is 13.5 Å². The summed E-state index contributed by atoms with van der Waals surface area (Å²) in [5.41, 5.74) is 2.99. The van der Waals surface area contributed by atoms with E-state index in [-0.39, 0.29) is 12.3 Å². The van der Waals surface area contributed by atoms with E-state index >= 15 is 0 Å². The summed E-state index contributed by atoms with van der Waals surface area (Å²) in [7, 11) is 1.61. The number of carboxylic acid groups (broad SMARTS) is 1. The van der Waals surface area contributed by atoms with Gasteiger partial charge < -0.3 is 9.84 Å². The monoisotopic (exact) mass is 270 g/mol. The van der Waals surface area contributed by atoms with Gasteiger partial charge in [-0.3, -0.25) is 4.79 Å². The lowest BCUT2D eigenvalue weighted by Gasteiger charge is -2.19. The number of rotatable bonds is 5. The molecule has 0 aliphatic heterocycles. The van der Waals surface area contributed by atoms with Crippen LogP contribution in [-0.4, -0.2) is 18.2 Å². The summed E-state index contributed by atoms with van der Waals surface area (Å²) in [6, 6.07) is 15.5. The van der Waals surface area contributed by atoms with Crippen LogP contribution in [0.2, 0.25) is 0 Å². The van der Waals surface area contributed by atoms with Crippen LogP contribution in [0.4, 0.5) is 0 Å². The highest BCUT2D eigenvalue weighted by Crippen LogP contribution is 2.35. The van der Waals surface area contributed by atoms with Crippen molar-refractivity contribution in [3.05, 3.63) is 65.2 Å². The summed E-state index contributed by atoms with van der Waals surface area (Å²) in [5, 5.41) is 9.20. The van der Waals surface area contributed by atoms with Crippen molar-refractivity contribution in [3.63, 3.8) is 0 Å². The first-order valence-corrected chi connectivity index (χ1v) is 6.53. The maximum absolute atomic E-state index is 11.2. The number of aryl methyl sites for hydroxylation is 1. The summed E-state index contributed by atoms with van der Waals surface area (Å²) in [5.74, 6) is -0.295. The molecule has 0 aromatic heterocycles. The maximum atomic E-state index is 11.2. The third-order valence-electron chi connectivity index (χ3n) is 3.34. The fourth-order valence-electron chi connectivity index (χ4n) is 2.39. The van der Waals surface area contributed by atoms with E-state index in [2.05, 4.69) is 0 Å². The van der Waals surface area contributed by atoms with Crippen LogP contribution in [0.3, 0.4) is 0 Å². The van der Waals surface area contributed by atoms with E-state index in [0.717, 1.165) is 22.4 Å². The Morgan fingerprint density at radius 3 is 2.50 bits per heavy atom. The Bertz CT molecular complexity index is 590. The molecule has 0 saturated carbocycles. The minimum absolute atomic E-state index is 0.0455. The second kappa shape index (κ2) is 6.24. The molecule has 0 aliphatic carbocycles. The van der Waals surface area contributed by atoms with Gasteiger partial charge in [-0.1, -0.05) is 48.0 Å². The first-order chi connectivity index (χ1) is 9.61. The number of ether oxygens (including phenoxy) is 1. The lowest BCUT2D eigenvalue weighted by atomic mass is 9.87.